The Bertz CT molecular complexity index is 1650. The lowest BCUT2D eigenvalue weighted by molar-refractivity contribution is 0.488. The third-order valence-electron chi connectivity index (χ3n) is 6.49. The molecule has 0 aliphatic carbocycles. The molecule has 0 N–H and O–H groups in total. The van der Waals surface area contributed by atoms with Crippen LogP contribution in [0.15, 0.2) is 121 Å². The topological polar surface area (TPSA) is 35.0 Å². The molecule has 6 aromatic rings. The van der Waals surface area contributed by atoms with E-state index in [4.69, 9.17) is 14.7 Å². The molecule has 0 radical (unpaired) electrons. The van der Waals surface area contributed by atoms with Gasteiger partial charge in [-0.1, -0.05) is 103 Å². The van der Waals surface area contributed by atoms with E-state index >= 15 is 0 Å². The lowest BCUT2D eigenvalue weighted by Gasteiger charge is -2.23. The molecule has 35 heavy (non-hydrogen) atoms. The molecule has 7 rings (SSSR count). The van der Waals surface area contributed by atoms with E-state index in [0.29, 0.717) is 5.82 Å². The summed E-state index contributed by atoms with van der Waals surface area (Å²) in [6, 6.07) is 41.3. The van der Waals surface area contributed by atoms with Crippen molar-refractivity contribution >= 4 is 10.8 Å². The molecule has 0 saturated carbocycles. The highest BCUT2D eigenvalue weighted by Gasteiger charge is 2.24. The van der Waals surface area contributed by atoms with Crippen molar-refractivity contribution in [1.82, 2.24) is 9.97 Å². The quantitative estimate of drug-likeness (QED) is 0.272. The van der Waals surface area contributed by atoms with Crippen molar-refractivity contribution in [2.24, 2.45) is 0 Å². The van der Waals surface area contributed by atoms with Gasteiger partial charge in [0.2, 0.25) is 0 Å². The Morgan fingerprint density at radius 2 is 1.11 bits per heavy atom. The number of aromatic nitrogens is 2. The van der Waals surface area contributed by atoms with Gasteiger partial charge in [-0.25, -0.2) is 9.97 Å². The summed E-state index contributed by atoms with van der Waals surface area (Å²) in [6.45, 7) is 0. The van der Waals surface area contributed by atoms with Crippen LogP contribution in [0.25, 0.3) is 55.8 Å². The second kappa shape index (κ2) is 7.93. The molecule has 0 unspecified atom stereocenters. The third kappa shape index (κ3) is 3.29. The second-order valence-electron chi connectivity index (χ2n) is 8.64. The van der Waals surface area contributed by atoms with Gasteiger partial charge in [-0.15, -0.1) is 0 Å². The Hall–Kier alpha value is -4.76. The lowest BCUT2D eigenvalue weighted by atomic mass is 9.92. The van der Waals surface area contributed by atoms with E-state index in [-0.39, 0.29) is 0 Å². The Morgan fingerprint density at radius 3 is 1.91 bits per heavy atom. The second-order valence-corrected chi connectivity index (χ2v) is 8.64. The zero-order valence-electron chi connectivity index (χ0n) is 18.8. The standard InChI is InChI=1S/C32H20N2O/c1-3-10-21(11-4-1)27-20-28(34-32(33-27)23-12-5-2-6-13-23)26-18-9-17-25-24-16-7-14-22-15-8-19-29(30(22)24)35-31(25)26/h1-20H. The van der Waals surface area contributed by atoms with Crippen molar-refractivity contribution in [1.29, 1.82) is 0 Å². The highest BCUT2D eigenvalue weighted by molar-refractivity contribution is 6.05. The smallest absolute Gasteiger partial charge is 0.160 e. The summed E-state index contributed by atoms with van der Waals surface area (Å²) in [5.74, 6) is 2.40. The first-order valence-corrected chi connectivity index (χ1v) is 11.7. The summed E-state index contributed by atoms with van der Waals surface area (Å²) in [7, 11) is 0. The summed E-state index contributed by atoms with van der Waals surface area (Å²) in [6.07, 6.45) is 0. The molecule has 3 heteroatoms. The SMILES string of the molecule is c1ccc(-c2cc(-c3cccc4c3Oc3cccc5cccc-4c35)nc(-c3ccccc3)n2)cc1. The molecule has 2 heterocycles. The van der Waals surface area contributed by atoms with Gasteiger partial charge in [-0.3, -0.25) is 0 Å². The first kappa shape index (κ1) is 19.7. The van der Waals surface area contributed by atoms with Gasteiger partial charge in [0.15, 0.2) is 5.82 Å². The van der Waals surface area contributed by atoms with Crippen molar-refractivity contribution in [2.75, 3.05) is 0 Å². The molecule has 5 aromatic carbocycles. The van der Waals surface area contributed by atoms with Crippen LogP contribution in [0.5, 0.6) is 11.5 Å². The minimum absolute atomic E-state index is 0.692. The van der Waals surface area contributed by atoms with E-state index in [9.17, 15) is 0 Å². The zero-order valence-corrected chi connectivity index (χ0v) is 18.8. The number of nitrogens with zero attached hydrogens (tertiary/aromatic N) is 2. The van der Waals surface area contributed by atoms with E-state index in [0.717, 1.165) is 50.5 Å². The summed E-state index contributed by atoms with van der Waals surface area (Å²) in [5.41, 5.74) is 6.95. The lowest BCUT2D eigenvalue weighted by Crippen LogP contribution is -2.01. The zero-order chi connectivity index (χ0) is 23.2. The summed E-state index contributed by atoms with van der Waals surface area (Å²) in [4.78, 5) is 9.95. The van der Waals surface area contributed by atoms with E-state index in [2.05, 4.69) is 60.7 Å². The highest BCUT2D eigenvalue weighted by atomic mass is 16.5. The van der Waals surface area contributed by atoms with Crippen molar-refractivity contribution in [3.63, 3.8) is 0 Å². The van der Waals surface area contributed by atoms with Crippen LogP contribution in [0.1, 0.15) is 0 Å². The molecule has 3 nitrogen and oxygen atoms in total. The van der Waals surface area contributed by atoms with Crippen molar-refractivity contribution in [3.05, 3.63) is 121 Å². The predicted molar refractivity (Wildman–Crippen MR) is 141 cm³/mol. The molecule has 1 aliphatic heterocycles. The summed E-state index contributed by atoms with van der Waals surface area (Å²) < 4.78 is 6.57. The van der Waals surface area contributed by atoms with Gasteiger partial charge in [-0.2, -0.15) is 0 Å². The maximum absolute atomic E-state index is 6.57. The van der Waals surface area contributed by atoms with Crippen molar-refractivity contribution in [2.45, 2.75) is 0 Å². The number of hydrogen-bond acceptors (Lipinski definition) is 3. The summed E-state index contributed by atoms with van der Waals surface area (Å²) >= 11 is 0. The number of benzene rings is 5. The van der Waals surface area contributed by atoms with Crippen LogP contribution in [-0.2, 0) is 0 Å². The van der Waals surface area contributed by atoms with Gasteiger partial charge in [-0.05, 0) is 29.1 Å². The monoisotopic (exact) mass is 448 g/mol. The first-order chi connectivity index (χ1) is 17.3. The number of fused-ring (bicyclic) bond motifs is 2. The van der Waals surface area contributed by atoms with Crippen LogP contribution >= 0.6 is 0 Å². The maximum atomic E-state index is 6.57. The molecule has 0 bridgehead atoms. The molecular weight excluding hydrogens is 428 g/mol. The van der Waals surface area contributed by atoms with Crippen LogP contribution in [0, 0.1) is 0 Å². The fraction of sp³-hybridized carbons (Fsp3) is 0. The average molecular weight is 449 g/mol. The average Bonchev–Trinajstić information content (AvgIpc) is 2.94. The van der Waals surface area contributed by atoms with Crippen molar-refractivity contribution < 1.29 is 4.74 Å². The van der Waals surface area contributed by atoms with Gasteiger partial charge in [0.1, 0.15) is 11.5 Å². The number of ether oxygens (including phenoxy) is 1. The van der Waals surface area contributed by atoms with E-state index in [1.807, 2.05) is 60.7 Å². The molecule has 1 aromatic heterocycles. The van der Waals surface area contributed by atoms with Gasteiger partial charge >= 0.3 is 0 Å². The summed E-state index contributed by atoms with van der Waals surface area (Å²) in [5, 5.41) is 2.33. The number of para-hydroxylation sites is 1. The van der Waals surface area contributed by atoms with Gasteiger partial charge < -0.3 is 4.74 Å². The molecule has 0 atom stereocenters. The highest BCUT2D eigenvalue weighted by Crippen LogP contribution is 2.50. The van der Waals surface area contributed by atoms with Gasteiger partial charge in [0.25, 0.3) is 0 Å². The molecule has 1 aliphatic rings. The Balaban J connectivity index is 1.48. The predicted octanol–water partition coefficient (Wildman–Crippen LogP) is 8.40. The Kier molecular flexibility index (Phi) is 4.46. The molecule has 0 saturated heterocycles. The first-order valence-electron chi connectivity index (χ1n) is 11.7. The Labute approximate surface area is 203 Å². The van der Waals surface area contributed by atoms with E-state index in [1.165, 1.54) is 10.9 Å². The van der Waals surface area contributed by atoms with Crippen LogP contribution in [-0.4, -0.2) is 9.97 Å². The molecule has 0 spiro atoms. The number of hydrogen-bond donors (Lipinski definition) is 0. The van der Waals surface area contributed by atoms with E-state index < -0.39 is 0 Å². The van der Waals surface area contributed by atoms with E-state index in [1.54, 1.807) is 0 Å². The van der Waals surface area contributed by atoms with Gasteiger partial charge in [0.05, 0.1) is 11.4 Å². The Morgan fingerprint density at radius 1 is 0.486 bits per heavy atom. The minimum Gasteiger partial charge on any atom is -0.455 e. The minimum atomic E-state index is 0.692. The van der Waals surface area contributed by atoms with Crippen LogP contribution in [0.3, 0.4) is 0 Å². The fourth-order valence-corrected chi connectivity index (χ4v) is 4.85. The van der Waals surface area contributed by atoms with Crippen LogP contribution < -0.4 is 4.74 Å². The molecule has 0 amide bonds. The molecule has 0 fully saturated rings. The van der Waals surface area contributed by atoms with Crippen LogP contribution in [0.2, 0.25) is 0 Å². The van der Waals surface area contributed by atoms with Crippen molar-refractivity contribution in [3.8, 4) is 56.5 Å². The number of rotatable bonds is 3. The molecular formula is C32H20N2O. The van der Waals surface area contributed by atoms with Gasteiger partial charge in [0, 0.05) is 27.6 Å². The fourth-order valence-electron chi connectivity index (χ4n) is 4.85. The largest absolute Gasteiger partial charge is 0.455 e. The molecule has 164 valence electrons. The van der Waals surface area contributed by atoms with Crippen LogP contribution in [0.4, 0.5) is 0 Å². The maximum Gasteiger partial charge on any atom is 0.160 e. The normalized spacial score (nSPS) is 11.7. The third-order valence-corrected chi connectivity index (χ3v) is 6.49.